The number of amides is 1. The average molecular weight is 336 g/mol. The Balaban J connectivity index is 1.98. The first-order valence-electron chi connectivity index (χ1n) is 6.60. The summed E-state index contributed by atoms with van der Waals surface area (Å²) in [6.45, 7) is 4.06. The lowest BCUT2D eigenvalue weighted by Crippen LogP contribution is -2.22. The van der Waals surface area contributed by atoms with Crippen molar-refractivity contribution in [3.63, 3.8) is 0 Å². The molecule has 2 aromatic rings. The van der Waals surface area contributed by atoms with Crippen LogP contribution in [0.15, 0.2) is 47.1 Å². The van der Waals surface area contributed by atoms with Crippen molar-refractivity contribution in [3.05, 3.63) is 52.8 Å². The molecule has 0 aliphatic rings. The van der Waals surface area contributed by atoms with Gasteiger partial charge < -0.3 is 15.2 Å². The number of nitrogens with zero attached hydrogens (tertiary/aromatic N) is 1. The van der Waals surface area contributed by atoms with Crippen LogP contribution in [0, 0.1) is 0 Å². The molecular weight excluding hydrogens is 318 g/mol. The summed E-state index contributed by atoms with van der Waals surface area (Å²) < 4.78 is 2.84. The quantitative estimate of drug-likeness (QED) is 0.852. The van der Waals surface area contributed by atoms with Gasteiger partial charge in [-0.2, -0.15) is 0 Å². The fraction of sp³-hybridized carbons (Fsp3) is 0.267. The molecule has 2 rings (SSSR count). The number of carbonyl (C=O) groups is 1. The lowest BCUT2D eigenvalue weighted by atomic mass is 10.3. The van der Waals surface area contributed by atoms with Gasteiger partial charge in [0.15, 0.2) is 0 Å². The van der Waals surface area contributed by atoms with Gasteiger partial charge in [-0.05, 0) is 46.7 Å². The third-order valence-corrected chi connectivity index (χ3v) is 3.63. The molecule has 20 heavy (non-hydrogen) atoms. The lowest BCUT2D eigenvalue weighted by Gasteiger charge is -2.11. The molecule has 0 unspecified atom stereocenters. The minimum Gasteiger partial charge on any atom is -0.341 e. The number of rotatable bonds is 6. The number of para-hydroxylation sites is 1. The molecule has 0 saturated carbocycles. The second-order valence-electron chi connectivity index (χ2n) is 4.44. The van der Waals surface area contributed by atoms with E-state index in [1.54, 1.807) is 0 Å². The van der Waals surface area contributed by atoms with Crippen LogP contribution >= 0.6 is 15.9 Å². The summed E-state index contributed by atoms with van der Waals surface area (Å²) >= 11 is 3.42. The van der Waals surface area contributed by atoms with E-state index in [0.717, 1.165) is 28.9 Å². The number of hydrogen-bond donors (Lipinski definition) is 2. The molecule has 0 aliphatic carbocycles. The molecule has 0 saturated heterocycles. The Labute approximate surface area is 127 Å². The topological polar surface area (TPSA) is 46.1 Å². The molecule has 0 spiro atoms. The smallest absolute Gasteiger partial charge is 0.244 e. The first-order valence-corrected chi connectivity index (χ1v) is 7.39. The molecule has 0 radical (unpaired) electrons. The zero-order valence-electron chi connectivity index (χ0n) is 11.4. The van der Waals surface area contributed by atoms with Gasteiger partial charge in [-0.3, -0.25) is 4.79 Å². The van der Waals surface area contributed by atoms with Crippen LogP contribution in [0.5, 0.6) is 0 Å². The van der Waals surface area contributed by atoms with E-state index in [4.69, 9.17) is 0 Å². The predicted octanol–water partition coefficient (Wildman–Crippen LogP) is 3.00. The molecule has 1 heterocycles. The molecule has 1 amide bonds. The van der Waals surface area contributed by atoms with Crippen molar-refractivity contribution in [2.45, 2.75) is 20.0 Å². The van der Waals surface area contributed by atoms with Crippen LogP contribution in [0.1, 0.15) is 12.6 Å². The Morgan fingerprint density at radius 3 is 2.80 bits per heavy atom. The largest absolute Gasteiger partial charge is 0.341 e. The molecular formula is C15H18BrN3O. The minimum atomic E-state index is -0.0363. The summed E-state index contributed by atoms with van der Waals surface area (Å²) in [5.41, 5.74) is 1.90. The fourth-order valence-corrected chi connectivity index (χ4v) is 2.31. The summed E-state index contributed by atoms with van der Waals surface area (Å²) in [6, 6.07) is 11.6. The summed E-state index contributed by atoms with van der Waals surface area (Å²) in [4.78, 5) is 12.1. The highest BCUT2D eigenvalue weighted by atomic mass is 79.9. The van der Waals surface area contributed by atoms with Gasteiger partial charge in [0.25, 0.3) is 0 Å². The van der Waals surface area contributed by atoms with E-state index in [1.165, 1.54) is 0 Å². The highest BCUT2D eigenvalue weighted by Gasteiger charge is 2.08. The van der Waals surface area contributed by atoms with Crippen molar-refractivity contribution in [2.24, 2.45) is 0 Å². The van der Waals surface area contributed by atoms with E-state index < -0.39 is 0 Å². The van der Waals surface area contributed by atoms with Crippen LogP contribution < -0.4 is 10.6 Å². The second-order valence-corrected chi connectivity index (χ2v) is 5.29. The Bertz CT molecular complexity index is 580. The van der Waals surface area contributed by atoms with Crippen molar-refractivity contribution in [3.8, 4) is 0 Å². The molecule has 4 nitrogen and oxygen atoms in total. The normalized spacial score (nSPS) is 10.5. The van der Waals surface area contributed by atoms with Crippen LogP contribution in [-0.4, -0.2) is 17.0 Å². The zero-order valence-corrected chi connectivity index (χ0v) is 13.0. The number of benzene rings is 1. The van der Waals surface area contributed by atoms with Crippen molar-refractivity contribution in [1.29, 1.82) is 0 Å². The molecule has 1 aromatic carbocycles. The number of anilines is 1. The van der Waals surface area contributed by atoms with Gasteiger partial charge in [-0.1, -0.05) is 19.1 Å². The third-order valence-electron chi connectivity index (χ3n) is 2.94. The summed E-state index contributed by atoms with van der Waals surface area (Å²) in [7, 11) is 0. The highest BCUT2D eigenvalue weighted by Crippen LogP contribution is 2.21. The first-order chi connectivity index (χ1) is 9.70. The average Bonchev–Trinajstić information content (AvgIpc) is 2.86. The van der Waals surface area contributed by atoms with E-state index in [9.17, 15) is 4.79 Å². The molecule has 5 heteroatoms. The van der Waals surface area contributed by atoms with E-state index in [2.05, 4.69) is 33.5 Å². The number of nitrogens with one attached hydrogen (secondary N) is 2. The van der Waals surface area contributed by atoms with Crippen LogP contribution in [0.2, 0.25) is 0 Å². The van der Waals surface area contributed by atoms with Crippen molar-refractivity contribution < 1.29 is 4.79 Å². The van der Waals surface area contributed by atoms with Crippen molar-refractivity contribution in [2.75, 3.05) is 11.9 Å². The fourth-order valence-electron chi connectivity index (χ4n) is 1.92. The lowest BCUT2D eigenvalue weighted by molar-refractivity contribution is -0.116. The summed E-state index contributed by atoms with van der Waals surface area (Å²) in [5.74, 6) is -0.0363. The molecule has 1 aromatic heterocycles. The Kier molecular flexibility index (Phi) is 5.38. The van der Waals surface area contributed by atoms with Crippen LogP contribution in [0.25, 0.3) is 0 Å². The van der Waals surface area contributed by atoms with Gasteiger partial charge in [0.05, 0.1) is 5.69 Å². The third kappa shape index (κ3) is 3.95. The van der Waals surface area contributed by atoms with Crippen molar-refractivity contribution >= 4 is 27.5 Å². The molecule has 0 aliphatic heterocycles. The van der Waals surface area contributed by atoms with E-state index in [-0.39, 0.29) is 5.91 Å². The number of hydrogen-bond acceptors (Lipinski definition) is 2. The van der Waals surface area contributed by atoms with Gasteiger partial charge >= 0.3 is 0 Å². The number of halogens is 1. The summed E-state index contributed by atoms with van der Waals surface area (Å²) in [6.07, 6.45) is 1.92. The predicted molar refractivity (Wildman–Crippen MR) is 84.6 cm³/mol. The van der Waals surface area contributed by atoms with Gasteiger partial charge in [0.2, 0.25) is 5.91 Å². The van der Waals surface area contributed by atoms with Gasteiger partial charge in [-0.15, -0.1) is 0 Å². The maximum Gasteiger partial charge on any atom is 0.244 e. The van der Waals surface area contributed by atoms with E-state index >= 15 is 0 Å². The number of carbonyl (C=O) groups excluding carboxylic acids is 1. The van der Waals surface area contributed by atoms with E-state index in [0.29, 0.717) is 6.54 Å². The second kappa shape index (κ2) is 7.26. The first kappa shape index (κ1) is 14.8. The van der Waals surface area contributed by atoms with Gasteiger partial charge in [0, 0.05) is 22.9 Å². The van der Waals surface area contributed by atoms with Crippen LogP contribution in [0.3, 0.4) is 0 Å². The monoisotopic (exact) mass is 335 g/mol. The summed E-state index contributed by atoms with van der Waals surface area (Å²) in [5, 5.41) is 6.17. The Morgan fingerprint density at radius 2 is 2.05 bits per heavy atom. The van der Waals surface area contributed by atoms with Crippen LogP contribution in [0.4, 0.5) is 5.69 Å². The van der Waals surface area contributed by atoms with Crippen molar-refractivity contribution in [1.82, 2.24) is 9.88 Å². The molecule has 0 bridgehead atoms. The minimum absolute atomic E-state index is 0.0363. The highest BCUT2D eigenvalue weighted by molar-refractivity contribution is 9.10. The molecule has 0 fully saturated rings. The standard InChI is InChI=1S/C15H18BrN3O/c1-2-17-10-12-6-5-9-19(12)11-15(20)18-14-8-4-3-7-13(14)16/h3-9,17H,2,10-11H2,1H3,(H,18,20). The SMILES string of the molecule is CCNCc1cccn1CC(=O)Nc1ccccc1Br. The van der Waals surface area contributed by atoms with Gasteiger partial charge in [-0.25, -0.2) is 0 Å². The number of aromatic nitrogens is 1. The maximum absolute atomic E-state index is 12.1. The van der Waals surface area contributed by atoms with Gasteiger partial charge in [0.1, 0.15) is 6.54 Å². The Morgan fingerprint density at radius 1 is 1.25 bits per heavy atom. The maximum atomic E-state index is 12.1. The molecule has 2 N–H and O–H groups in total. The van der Waals surface area contributed by atoms with E-state index in [1.807, 2.05) is 47.2 Å². The Hall–Kier alpha value is -1.59. The van der Waals surface area contributed by atoms with Crippen LogP contribution in [-0.2, 0) is 17.9 Å². The zero-order chi connectivity index (χ0) is 14.4. The molecule has 0 atom stereocenters. The molecule has 106 valence electrons.